The Morgan fingerprint density at radius 1 is 1.11 bits per heavy atom. The zero-order chi connectivity index (χ0) is 19.2. The fourth-order valence-electron chi connectivity index (χ4n) is 2.47. The van der Waals surface area contributed by atoms with Gasteiger partial charge in [-0.05, 0) is 60.5 Å². The van der Waals surface area contributed by atoms with Crippen LogP contribution >= 0.6 is 22.9 Å². The van der Waals surface area contributed by atoms with Crippen LogP contribution < -0.4 is 15.8 Å². The van der Waals surface area contributed by atoms with Crippen LogP contribution in [0.25, 0.3) is 0 Å². The maximum atomic E-state index is 12.9. The summed E-state index contributed by atoms with van der Waals surface area (Å²) in [6.07, 6.45) is 0.815. The zero-order valence-corrected chi connectivity index (χ0v) is 15.9. The number of carbonyl (C=O) groups excluding carboxylic acids is 1. The molecular formula is C20H18ClFN2O2S. The van der Waals surface area contributed by atoms with Crippen LogP contribution in [-0.2, 0) is 13.0 Å². The number of nitrogens with two attached hydrogens (primary N) is 1. The van der Waals surface area contributed by atoms with Crippen molar-refractivity contribution in [2.24, 2.45) is 5.73 Å². The van der Waals surface area contributed by atoms with Crippen LogP contribution in [0.4, 0.5) is 4.39 Å². The molecule has 7 heteroatoms. The zero-order valence-electron chi connectivity index (χ0n) is 14.4. The van der Waals surface area contributed by atoms with Crippen LogP contribution in [-0.4, -0.2) is 12.5 Å². The molecular weight excluding hydrogens is 387 g/mol. The molecule has 0 saturated carbocycles. The first kappa shape index (κ1) is 19.4. The van der Waals surface area contributed by atoms with Crippen LogP contribution in [0.5, 0.6) is 10.8 Å². The Morgan fingerprint density at radius 2 is 1.85 bits per heavy atom. The summed E-state index contributed by atoms with van der Waals surface area (Å²) in [5.41, 5.74) is 7.34. The number of ether oxygens (including phenoxy) is 1. The van der Waals surface area contributed by atoms with E-state index < -0.39 is 5.91 Å². The highest BCUT2D eigenvalue weighted by atomic mass is 35.5. The van der Waals surface area contributed by atoms with Crippen LogP contribution in [0, 0.1) is 5.82 Å². The predicted octanol–water partition coefficient (Wildman–Crippen LogP) is 4.76. The molecule has 1 heterocycles. The Hall–Kier alpha value is -2.41. The number of nitrogens with one attached hydrogen (secondary N) is 1. The molecule has 0 atom stereocenters. The second-order valence-corrected chi connectivity index (χ2v) is 7.36. The first-order valence-electron chi connectivity index (χ1n) is 8.32. The lowest BCUT2D eigenvalue weighted by atomic mass is 10.1. The summed E-state index contributed by atoms with van der Waals surface area (Å²) < 4.78 is 18.6. The van der Waals surface area contributed by atoms with Gasteiger partial charge in [-0.15, -0.1) is 0 Å². The summed E-state index contributed by atoms with van der Waals surface area (Å²) >= 11 is 7.47. The third kappa shape index (κ3) is 5.53. The van der Waals surface area contributed by atoms with Gasteiger partial charge in [0.05, 0.1) is 9.90 Å². The molecule has 4 nitrogen and oxygen atoms in total. The molecule has 3 rings (SSSR count). The van der Waals surface area contributed by atoms with Gasteiger partial charge in [-0.25, -0.2) is 4.39 Å². The summed E-state index contributed by atoms with van der Waals surface area (Å²) in [6.45, 7) is 1.43. The molecule has 0 saturated heterocycles. The summed E-state index contributed by atoms with van der Waals surface area (Å²) in [4.78, 5) is 11.6. The van der Waals surface area contributed by atoms with E-state index >= 15 is 0 Å². The quantitative estimate of drug-likeness (QED) is 0.532. The second kappa shape index (κ2) is 8.99. The van der Waals surface area contributed by atoms with Gasteiger partial charge in [0.15, 0.2) is 5.06 Å². The van der Waals surface area contributed by atoms with Crippen LogP contribution in [0.2, 0.25) is 5.02 Å². The normalized spacial score (nSPS) is 10.7. The topological polar surface area (TPSA) is 64.4 Å². The van der Waals surface area contributed by atoms with Gasteiger partial charge in [-0.2, -0.15) is 0 Å². The van der Waals surface area contributed by atoms with E-state index in [-0.39, 0.29) is 5.82 Å². The van der Waals surface area contributed by atoms with Crippen molar-refractivity contribution in [3.05, 3.63) is 81.4 Å². The molecule has 0 radical (unpaired) electrons. The Kier molecular flexibility index (Phi) is 6.45. The third-order valence-electron chi connectivity index (χ3n) is 3.86. The number of primary amides is 1. The Balaban J connectivity index is 1.51. The second-order valence-electron chi connectivity index (χ2n) is 5.90. The summed E-state index contributed by atoms with van der Waals surface area (Å²) in [5.74, 6) is -0.190. The van der Waals surface area contributed by atoms with E-state index in [0.29, 0.717) is 27.3 Å². The van der Waals surface area contributed by atoms with Crippen molar-refractivity contribution in [2.75, 3.05) is 6.54 Å². The van der Waals surface area contributed by atoms with Gasteiger partial charge in [0.1, 0.15) is 11.6 Å². The van der Waals surface area contributed by atoms with Gasteiger partial charge in [0.25, 0.3) is 5.91 Å². The van der Waals surface area contributed by atoms with Crippen LogP contribution in [0.1, 0.15) is 20.8 Å². The summed E-state index contributed by atoms with van der Waals surface area (Å²) in [7, 11) is 0. The molecule has 0 aliphatic carbocycles. The summed E-state index contributed by atoms with van der Waals surface area (Å²) in [5, 5.41) is 4.37. The van der Waals surface area contributed by atoms with Crippen LogP contribution in [0.3, 0.4) is 0 Å². The van der Waals surface area contributed by atoms with E-state index in [1.807, 2.05) is 12.1 Å². The molecule has 0 fully saturated rings. The highest BCUT2D eigenvalue weighted by molar-refractivity contribution is 7.15. The number of benzene rings is 2. The maximum absolute atomic E-state index is 12.9. The SMILES string of the molecule is NC(=O)c1ccc(Oc2ccc(CNCCc3ccc(F)cc3)cc2Cl)s1. The predicted molar refractivity (Wildman–Crippen MR) is 106 cm³/mol. The average molecular weight is 405 g/mol. The highest BCUT2D eigenvalue weighted by Gasteiger charge is 2.09. The largest absolute Gasteiger partial charge is 0.445 e. The van der Waals surface area contributed by atoms with Gasteiger partial charge in [0.2, 0.25) is 0 Å². The smallest absolute Gasteiger partial charge is 0.258 e. The minimum atomic E-state index is -0.483. The molecule has 1 aromatic heterocycles. The number of amides is 1. The molecule has 0 aliphatic rings. The first-order valence-corrected chi connectivity index (χ1v) is 9.52. The van der Waals surface area contributed by atoms with E-state index in [1.165, 1.54) is 23.5 Å². The van der Waals surface area contributed by atoms with E-state index in [2.05, 4.69) is 5.32 Å². The lowest BCUT2D eigenvalue weighted by Gasteiger charge is -2.09. The van der Waals surface area contributed by atoms with Crippen molar-refractivity contribution in [2.45, 2.75) is 13.0 Å². The van der Waals surface area contributed by atoms with Crippen molar-refractivity contribution >= 4 is 28.8 Å². The highest BCUT2D eigenvalue weighted by Crippen LogP contribution is 2.34. The Labute approximate surface area is 165 Å². The number of hydrogen-bond donors (Lipinski definition) is 2. The molecule has 3 N–H and O–H groups in total. The van der Waals surface area contributed by atoms with E-state index in [1.54, 1.807) is 30.3 Å². The van der Waals surface area contributed by atoms with Crippen molar-refractivity contribution < 1.29 is 13.9 Å². The van der Waals surface area contributed by atoms with Gasteiger partial charge in [0, 0.05) is 6.54 Å². The molecule has 0 aliphatic heterocycles. The number of carbonyl (C=O) groups is 1. The monoisotopic (exact) mass is 404 g/mol. The first-order chi connectivity index (χ1) is 13.0. The molecule has 0 spiro atoms. The van der Waals surface area contributed by atoms with Gasteiger partial charge < -0.3 is 15.8 Å². The van der Waals surface area contributed by atoms with Gasteiger partial charge >= 0.3 is 0 Å². The molecule has 1 amide bonds. The summed E-state index contributed by atoms with van der Waals surface area (Å²) in [6, 6.07) is 15.4. The minimum absolute atomic E-state index is 0.225. The Morgan fingerprint density at radius 3 is 2.52 bits per heavy atom. The number of thiophene rings is 1. The molecule has 0 unspecified atom stereocenters. The van der Waals surface area contributed by atoms with Crippen LogP contribution in [0.15, 0.2) is 54.6 Å². The molecule has 3 aromatic rings. The third-order valence-corrected chi connectivity index (χ3v) is 5.14. The number of halogens is 2. The van der Waals surface area contributed by atoms with E-state index in [0.717, 1.165) is 24.1 Å². The van der Waals surface area contributed by atoms with Crippen molar-refractivity contribution in [1.82, 2.24) is 5.32 Å². The van der Waals surface area contributed by atoms with Crippen molar-refractivity contribution in [1.29, 1.82) is 0 Å². The Bertz CT molecular complexity index is 928. The number of hydrogen-bond acceptors (Lipinski definition) is 4. The molecule has 2 aromatic carbocycles. The fraction of sp³-hybridized carbons (Fsp3) is 0.150. The van der Waals surface area contributed by atoms with Crippen molar-refractivity contribution in [3.63, 3.8) is 0 Å². The minimum Gasteiger partial charge on any atom is -0.445 e. The van der Waals surface area contributed by atoms with E-state index in [4.69, 9.17) is 22.1 Å². The molecule has 0 bridgehead atoms. The van der Waals surface area contributed by atoms with Crippen molar-refractivity contribution in [3.8, 4) is 10.8 Å². The molecule has 27 heavy (non-hydrogen) atoms. The molecule has 140 valence electrons. The van der Waals surface area contributed by atoms with Gasteiger partial charge in [-0.1, -0.05) is 41.1 Å². The van der Waals surface area contributed by atoms with Gasteiger partial charge in [-0.3, -0.25) is 4.79 Å². The standard InChI is InChI=1S/C20H18ClFN2O2S/c21-16-11-14(12-24-10-9-13-1-4-15(22)5-2-13)3-6-17(16)26-19-8-7-18(27-19)20(23)25/h1-8,11,24H,9-10,12H2,(H2,23,25). The van der Waals surface area contributed by atoms with E-state index in [9.17, 15) is 9.18 Å². The lowest BCUT2D eigenvalue weighted by molar-refractivity contribution is 0.100. The lowest BCUT2D eigenvalue weighted by Crippen LogP contribution is -2.16. The maximum Gasteiger partial charge on any atom is 0.258 e. The average Bonchev–Trinajstić information content (AvgIpc) is 3.11. The fourth-order valence-corrected chi connectivity index (χ4v) is 3.43. The number of rotatable bonds is 8.